The Bertz CT molecular complexity index is 431. The van der Waals surface area contributed by atoms with Crippen LogP contribution in [0.5, 0.6) is 11.9 Å². The average Bonchev–Trinajstić information content (AvgIpc) is 2.04. The first kappa shape index (κ1) is 6.71. The predicted octanol–water partition coefficient (Wildman–Crippen LogP) is -1.43. The van der Waals surface area contributed by atoms with Gasteiger partial charge in [0.1, 0.15) is 5.52 Å². The molecule has 2 heterocycles. The summed E-state index contributed by atoms with van der Waals surface area (Å²) in [7, 11) is 0. The summed E-state index contributed by atoms with van der Waals surface area (Å²) < 4.78 is 0. The van der Waals surface area contributed by atoms with Crippen molar-refractivity contribution >= 4 is 11.2 Å². The van der Waals surface area contributed by atoms with Gasteiger partial charge in [-0.3, -0.25) is 9.97 Å². The molecule has 0 amide bonds. The second-order valence-electron chi connectivity index (χ2n) is 2.04. The summed E-state index contributed by atoms with van der Waals surface area (Å²) in [6, 6.07) is -0.826. The quantitative estimate of drug-likeness (QED) is 0.470. The molecule has 2 rings (SSSR count). The minimum atomic E-state index is -0.826. The minimum absolute atomic E-state index is 0.0251. The Labute approximate surface area is 66.6 Å². The molecule has 0 saturated heterocycles. The topological polar surface area (TPSA) is 97.7 Å². The zero-order valence-corrected chi connectivity index (χ0v) is 5.76. The van der Waals surface area contributed by atoms with Crippen molar-refractivity contribution in [2.45, 2.75) is 0 Å². The second kappa shape index (κ2) is 2.26. The van der Waals surface area contributed by atoms with Gasteiger partial charge in [-0.1, -0.05) is 0 Å². The molecule has 0 N–H and O–H groups in total. The molecule has 60 valence electrons. The van der Waals surface area contributed by atoms with Crippen molar-refractivity contribution in [1.29, 1.82) is 0 Å². The Morgan fingerprint density at radius 2 is 1.75 bits per heavy atom. The fraction of sp³-hybridized carbons (Fsp3) is 0. The van der Waals surface area contributed by atoms with Crippen LogP contribution in [-0.2, 0) is 0 Å². The van der Waals surface area contributed by atoms with Gasteiger partial charge in [-0.05, 0) is 0 Å². The molecule has 0 aromatic carbocycles. The number of aromatic nitrogens is 4. The third-order valence-electron chi connectivity index (χ3n) is 1.28. The molecule has 0 fully saturated rings. The van der Waals surface area contributed by atoms with Gasteiger partial charge >= 0.3 is 0 Å². The average molecular weight is 162 g/mol. The number of nitrogens with zero attached hydrogens (tertiary/aromatic N) is 4. The van der Waals surface area contributed by atoms with Crippen LogP contribution >= 0.6 is 0 Å². The van der Waals surface area contributed by atoms with E-state index in [0.717, 1.165) is 0 Å². The molecular formula is C6H2N4O2-2. The summed E-state index contributed by atoms with van der Waals surface area (Å²) >= 11 is 0. The largest absolute Gasteiger partial charge is 0.857 e. The van der Waals surface area contributed by atoms with Crippen LogP contribution in [-0.4, -0.2) is 19.9 Å². The summed E-state index contributed by atoms with van der Waals surface area (Å²) in [5.41, 5.74) is 0.0691. The smallest absolute Gasteiger partial charge is 0.180 e. The van der Waals surface area contributed by atoms with Crippen molar-refractivity contribution in [3.8, 4) is 11.9 Å². The lowest BCUT2D eigenvalue weighted by Gasteiger charge is -2.10. The van der Waals surface area contributed by atoms with E-state index in [1.807, 2.05) is 0 Å². The van der Waals surface area contributed by atoms with Crippen LogP contribution in [0.2, 0.25) is 0 Å². The maximum Gasteiger partial charge on any atom is 0.180 e. The predicted molar refractivity (Wildman–Crippen MR) is 34.0 cm³/mol. The Balaban J connectivity index is 2.89. The lowest BCUT2D eigenvalue weighted by atomic mass is 10.5. The first-order valence-corrected chi connectivity index (χ1v) is 3.10. The number of rotatable bonds is 0. The molecule has 0 unspecified atom stereocenters. The Morgan fingerprint density at radius 3 is 2.58 bits per heavy atom. The molecule has 0 bridgehead atoms. The van der Waals surface area contributed by atoms with Gasteiger partial charge in [0, 0.05) is 18.3 Å². The molecule has 0 aliphatic heterocycles. The standard InChI is InChI=1S/C6H4N4O2/c11-5-3-4(8-2-1-7-3)9-6(12)10-5/h1-2H,(H2,8,9,10,11,12)/p-2. The van der Waals surface area contributed by atoms with Crippen molar-refractivity contribution in [2.24, 2.45) is 0 Å². The summed E-state index contributed by atoms with van der Waals surface area (Å²) in [5, 5.41) is 21.6. The van der Waals surface area contributed by atoms with E-state index in [4.69, 9.17) is 0 Å². The fourth-order valence-electron chi connectivity index (χ4n) is 0.819. The number of hydrogen-bond acceptors (Lipinski definition) is 6. The first-order valence-electron chi connectivity index (χ1n) is 3.10. The Morgan fingerprint density at radius 1 is 1.00 bits per heavy atom. The third kappa shape index (κ3) is 0.895. The SMILES string of the molecule is [O-]c1nc([O-])c2nccnc2n1. The molecule has 0 atom stereocenters. The van der Waals surface area contributed by atoms with Gasteiger partial charge < -0.3 is 10.2 Å². The maximum absolute atomic E-state index is 10.9. The summed E-state index contributed by atoms with van der Waals surface area (Å²) in [6.45, 7) is 0. The van der Waals surface area contributed by atoms with E-state index in [-0.39, 0.29) is 11.2 Å². The zero-order chi connectivity index (χ0) is 8.55. The van der Waals surface area contributed by atoms with E-state index in [9.17, 15) is 10.2 Å². The highest BCUT2D eigenvalue weighted by molar-refractivity contribution is 5.74. The molecule has 0 radical (unpaired) electrons. The van der Waals surface area contributed by atoms with E-state index >= 15 is 0 Å². The molecule has 0 saturated carbocycles. The fourth-order valence-corrected chi connectivity index (χ4v) is 0.819. The van der Waals surface area contributed by atoms with Crippen LogP contribution in [0.3, 0.4) is 0 Å². The van der Waals surface area contributed by atoms with Crippen LogP contribution in [0.1, 0.15) is 0 Å². The van der Waals surface area contributed by atoms with E-state index in [0.29, 0.717) is 0 Å². The molecule has 6 nitrogen and oxygen atoms in total. The second-order valence-corrected chi connectivity index (χ2v) is 2.04. The Kier molecular flexibility index (Phi) is 1.26. The lowest BCUT2D eigenvalue weighted by molar-refractivity contribution is -0.295. The molecule has 2 aromatic rings. The highest BCUT2D eigenvalue weighted by Gasteiger charge is 1.96. The number of fused-ring (bicyclic) bond motifs is 1. The molecule has 0 aliphatic carbocycles. The van der Waals surface area contributed by atoms with Crippen molar-refractivity contribution < 1.29 is 10.2 Å². The molecule has 2 aromatic heterocycles. The van der Waals surface area contributed by atoms with Crippen molar-refractivity contribution in [1.82, 2.24) is 19.9 Å². The van der Waals surface area contributed by atoms with E-state index in [2.05, 4.69) is 19.9 Å². The van der Waals surface area contributed by atoms with Crippen LogP contribution in [0.15, 0.2) is 12.4 Å². The maximum atomic E-state index is 10.9. The molecule has 6 heteroatoms. The van der Waals surface area contributed by atoms with Gasteiger partial charge in [0.25, 0.3) is 0 Å². The van der Waals surface area contributed by atoms with Crippen LogP contribution in [0, 0.1) is 0 Å². The first-order chi connectivity index (χ1) is 5.77. The number of hydrogen-bond donors (Lipinski definition) is 0. The molecule has 12 heavy (non-hydrogen) atoms. The monoisotopic (exact) mass is 162 g/mol. The van der Waals surface area contributed by atoms with Crippen LogP contribution in [0.4, 0.5) is 0 Å². The van der Waals surface area contributed by atoms with Crippen molar-refractivity contribution in [3.63, 3.8) is 0 Å². The Hall–Kier alpha value is -1.98. The van der Waals surface area contributed by atoms with E-state index < -0.39 is 11.9 Å². The van der Waals surface area contributed by atoms with Crippen molar-refractivity contribution in [2.75, 3.05) is 0 Å². The zero-order valence-electron chi connectivity index (χ0n) is 5.76. The van der Waals surface area contributed by atoms with Gasteiger partial charge in [-0.2, -0.15) is 0 Å². The highest BCUT2D eigenvalue weighted by Crippen LogP contribution is 2.14. The van der Waals surface area contributed by atoms with Gasteiger partial charge in [0.05, 0.1) is 6.01 Å². The minimum Gasteiger partial charge on any atom is -0.857 e. The lowest BCUT2D eigenvalue weighted by Crippen LogP contribution is -2.05. The summed E-state index contributed by atoms with van der Waals surface area (Å²) in [4.78, 5) is 13.8. The molecular weight excluding hydrogens is 160 g/mol. The molecule has 0 aliphatic rings. The summed E-state index contributed by atoms with van der Waals surface area (Å²) in [6.07, 6.45) is 2.70. The van der Waals surface area contributed by atoms with Gasteiger partial charge in [-0.15, -0.1) is 0 Å². The van der Waals surface area contributed by atoms with Gasteiger partial charge in [-0.25, -0.2) is 9.97 Å². The van der Waals surface area contributed by atoms with Crippen molar-refractivity contribution in [3.05, 3.63) is 12.4 Å². The van der Waals surface area contributed by atoms with Gasteiger partial charge in [0.2, 0.25) is 0 Å². The van der Waals surface area contributed by atoms with Crippen LogP contribution in [0.25, 0.3) is 11.2 Å². The van der Waals surface area contributed by atoms with Gasteiger partial charge in [0.15, 0.2) is 5.65 Å². The van der Waals surface area contributed by atoms with E-state index in [1.54, 1.807) is 0 Å². The van der Waals surface area contributed by atoms with E-state index in [1.165, 1.54) is 12.4 Å². The highest BCUT2D eigenvalue weighted by atomic mass is 16.3. The van der Waals surface area contributed by atoms with Crippen LogP contribution < -0.4 is 10.2 Å². The normalized spacial score (nSPS) is 10.3. The summed E-state index contributed by atoms with van der Waals surface area (Å²) in [5.74, 6) is -0.682. The third-order valence-corrected chi connectivity index (χ3v) is 1.28. The molecule has 0 spiro atoms.